The molecule has 1 heterocycles. The first-order valence-electron chi connectivity index (χ1n) is 6.51. The summed E-state index contributed by atoms with van der Waals surface area (Å²) in [5.74, 6) is 1.54. The van der Waals surface area contributed by atoms with Crippen LogP contribution >= 0.6 is 0 Å². The minimum absolute atomic E-state index is 0.576. The number of nitrogens with zero attached hydrogens (tertiary/aromatic N) is 1. The van der Waals surface area contributed by atoms with E-state index in [0.29, 0.717) is 5.92 Å². The van der Waals surface area contributed by atoms with Crippen molar-refractivity contribution < 1.29 is 4.74 Å². The van der Waals surface area contributed by atoms with Gasteiger partial charge in [0.25, 0.3) is 0 Å². The zero-order chi connectivity index (χ0) is 12.4. The van der Waals surface area contributed by atoms with Gasteiger partial charge in [0.2, 0.25) is 0 Å². The van der Waals surface area contributed by atoms with Gasteiger partial charge in [-0.05, 0) is 54.9 Å². The lowest BCUT2D eigenvalue weighted by Crippen LogP contribution is -2.12. The second-order valence-corrected chi connectivity index (χ2v) is 4.92. The highest BCUT2D eigenvalue weighted by Crippen LogP contribution is 2.35. The van der Waals surface area contributed by atoms with Crippen LogP contribution in [-0.4, -0.2) is 17.1 Å². The SMILES string of the molecule is COc1ccc2c(c1)C(Cc1c[nH]cn1)CCC2. The average molecular weight is 242 g/mol. The molecule has 1 aliphatic carbocycles. The molecule has 1 aliphatic rings. The van der Waals surface area contributed by atoms with Crippen LogP contribution in [0.1, 0.15) is 35.6 Å². The Labute approximate surface area is 107 Å². The van der Waals surface area contributed by atoms with Crippen LogP contribution in [0.2, 0.25) is 0 Å². The van der Waals surface area contributed by atoms with E-state index in [1.165, 1.54) is 30.4 Å². The van der Waals surface area contributed by atoms with Gasteiger partial charge in [-0.25, -0.2) is 4.98 Å². The largest absolute Gasteiger partial charge is 0.497 e. The second-order valence-electron chi connectivity index (χ2n) is 4.92. The monoisotopic (exact) mass is 242 g/mol. The number of hydrogen-bond acceptors (Lipinski definition) is 2. The molecule has 0 fully saturated rings. The molecule has 1 unspecified atom stereocenters. The molecule has 3 nitrogen and oxygen atoms in total. The van der Waals surface area contributed by atoms with Crippen molar-refractivity contribution in [3.05, 3.63) is 47.5 Å². The maximum Gasteiger partial charge on any atom is 0.119 e. The van der Waals surface area contributed by atoms with Gasteiger partial charge in [-0.1, -0.05) is 6.07 Å². The fourth-order valence-corrected chi connectivity index (χ4v) is 2.87. The zero-order valence-corrected chi connectivity index (χ0v) is 10.6. The third kappa shape index (κ3) is 2.13. The van der Waals surface area contributed by atoms with Gasteiger partial charge < -0.3 is 9.72 Å². The second kappa shape index (κ2) is 4.84. The van der Waals surface area contributed by atoms with E-state index in [2.05, 4.69) is 28.2 Å². The fraction of sp³-hybridized carbons (Fsp3) is 0.400. The van der Waals surface area contributed by atoms with Crippen LogP contribution in [0.3, 0.4) is 0 Å². The third-order valence-corrected chi connectivity index (χ3v) is 3.80. The van der Waals surface area contributed by atoms with Crippen LogP contribution in [-0.2, 0) is 12.8 Å². The first kappa shape index (κ1) is 11.3. The van der Waals surface area contributed by atoms with Crippen LogP contribution in [0.4, 0.5) is 0 Å². The van der Waals surface area contributed by atoms with Gasteiger partial charge in [0, 0.05) is 6.20 Å². The van der Waals surface area contributed by atoms with Gasteiger partial charge in [-0.3, -0.25) is 0 Å². The predicted octanol–water partition coefficient (Wildman–Crippen LogP) is 3.08. The van der Waals surface area contributed by atoms with Gasteiger partial charge >= 0.3 is 0 Å². The molecule has 0 bridgehead atoms. The van der Waals surface area contributed by atoms with E-state index in [-0.39, 0.29) is 0 Å². The summed E-state index contributed by atoms with van der Waals surface area (Å²) in [7, 11) is 1.73. The summed E-state index contributed by atoms with van der Waals surface area (Å²) in [5.41, 5.74) is 4.07. The number of fused-ring (bicyclic) bond motifs is 1. The highest BCUT2D eigenvalue weighted by molar-refractivity contribution is 5.40. The van der Waals surface area contributed by atoms with Crippen molar-refractivity contribution in [3.63, 3.8) is 0 Å². The van der Waals surface area contributed by atoms with E-state index in [0.717, 1.165) is 17.9 Å². The van der Waals surface area contributed by atoms with E-state index in [1.54, 1.807) is 13.4 Å². The molecular weight excluding hydrogens is 224 g/mol. The number of imidazole rings is 1. The summed E-state index contributed by atoms with van der Waals surface area (Å²) in [6, 6.07) is 6.48. The highest BCUT2D eigenvalue weighted by atomic mass is 16.5. The topological polar surface area (TPSA) is 37.9 Å². The number of rotatable bonds is 3. The number of nitrogens with one attached hydrogen (secondary N) is 1. The number of aryl methyl sites for hydroxylation is 1. The Morgan fingerprint density at radius 3 is 3.17 bits per heavy atom. The average Bonchev–Trinajstić information content (AvgIpc) is 2.91. The summed E-state index contributed by atoms with van der Waals surface area (Å²) in [6.07, 6.45) is 8.47. The summed E-state index contributed by atoms with van der Waals surface area (Å²) >= 11 is 0. The lowest BCUT2D eigenvalue weighted by Gasteiger charge is -2.25. The molecule has 1 aromatic heterocycles. The Morgan fingerprint density at radius 2 is 2.39 bits per heavy atom. The van der Waals surface area contributed by atoms with Crippen molar-refractivity contribution in [1.82, 2.24) is 9.97 Å². The van der Waals surface area contributed by atoms with Gasteiger partial charge in [-0.15, -0.1) is 0 Å². The van der Waals surface area contributed by atoms with Crippen LogP contribution in [0.5, 0.6) is 5.75 Å². The number of aromatic nitrogens is 2. The first-order valence-corrected chi connectivity index (χ1v) is 6.51. The molecule has 2 aromatic rings. The van der Waals surface area contributed by atoms with Crippen molar-refractivity contribution in [2.45, 2.75) is 31.6 Å². The molecule has 0 spiro atoms. The van der Waals surface area contributed by atoms with E-state index in [9.17, 15) is 0 Å². The normalized spacial score (nSPS) is 18.4. The van der Waals surface area contributed by atoms with Crippen molar-refractivity contribution in [1.29, 1.82) is 0 Å². The Hall–Kier alpha value is -1.77. The fourth-order valence-electron chi connectivity index (χ4n) is 2.87. The number of benzene rings is 1. The molecule has 0 saturated heterocycles. The number of methoxy groups -OCH3 is 1. The number of H-pyrrole nitrogens is 1. The van der Waals surface area contributed by atoms with Gasteiger partial charge in [0.15, 0.2) is 0 Å². The minimum atomic E-state index is 0.576. The molecule has 3 heteroatoms. The highest BCUT2D eigenvalue weighted by Gasteiger charge is 2.21. The van der Waals surface area contributed by atoms with Gasteiger partial charge in [-0.2, -0.15) is 0 Å². The summed E-state index contributed by atoms with van der Waals surface area (Å²) in [5, 5.41) is 0. The molecule has 0 radical (unpaired) electrons. The van der Waals surface area contributed by atoms with E-state index in [1.807, 2.05) is 6.20 Å². The lowest BCUT2D eigenvalue weighted by atomic mass is 9.80. The Morgan fingerprint density at radius 1 is 1.44 bits per heavy atom. The Kier molecular flexibility index (Phi) is 3.05. The molecule has 1 aromatic carbocycles. The van der Waals surface area contributed by atoms with E-state index in [4.69, 9.17) is 4.74 Å². The van der Waals surface area contributed by atoms with Crippen LogP contribution in [0.25, 0.3) is 0 Å². The maximum absolute atomic E-state index is 5.34. The zero-order valence-electron chi connectivity index (χ0n) is 10.6. The van der Waals surface area contributed by atoms with Crippen molar-refractivity contribution in [2.75, 3.05) is 7.11 Å². The molecule has 0 amide bonds. The van der Waals surface area contributed by atoms with Crippen molar-refractivity contribution in [2.24, 2.45) is 0 Å². The molecular formula is C15H18N2O. The molecule has 1 atom stereocenters. The third-order valence-electron chi connectivity index (χ3n) is 3.80. The lowest BCUT2D eigenvalue weighted by molar-refractivity contribution is 0.412. The summed E-state index contributed by atoms with van der Waals surface area (Å²) in [4.78, 5) is 7.37. The number of aromatic amines is 1. The van der Waals surface area contributed by atoms with Gasteiger partial charge in [0.1, 0.15) is 5.75 Å². The number of hydrogen-bond donors (Lipinski definition) is 1. The number of ether oxygens (including phenoxy) is 1. The molecule has 3 rings (SSSR count). The molecule has 94 valence electrons. The van der Waals surface area contributed by atoms with Gasteiger partial charge in [0.05, 0.1) is 19.1 Å². The Bertz CT molecular complexity index is 519. The van der Waals surface area contributed by atoms with Crippen LogP contribution in [0.15, 0.2) is 30.7 Å². The van der Waals surface area contributed by atoms with Crippen LogP contribution in [0, 0.1) is 0 Å². The first-order chi connectivity index (χ1) is 8.86. The minimum Gasteiger partial charge on any atom is -0.497 e. The van der Waals surface area contributed by atoms with E-state index >= 15 is 0 Å². The molecule has 0 saturated carbocycles. The predicted molar refractivity (Wildman–Crippen MR) is 71.0 cm³/mol. The quantitative estimate of drug-likeness (QED) is 0.898. The summed E-state index contributed by atoms with van der Waals surface area (Å²) < 4.78 is 5.34. The smallest absolute Gasteiger partial charge is 0.119 e. The van der Waals surface area contributed by atoms with Crippen molar-refractivity contribution >= 4 is 0 Å². The standard InChI is InChI=1S/C15H18N2O/c1-18-14-6-5-11-3-2-4-12(15(11)8-14)7-13-9-16-10-17-13/h5-6,8-10,12H,2-4,7H2,1H3,(H,16,17). The summed E-state index contributed by atoms with van der Waals surface area (Å²) in [6.45, 7) is 0. The van der Waals surface area contributed by atoms with E-state index < -0.39 is 0 Å². The molecule has 1 N–H and O–H groups in total. The maximum atomic E-state index is 5.34. The Balaban J connectivity index is 1.90. The van der Waals surface area contributed by atoms with Crippen molar-refractivity contribution in [3.8, 4) is 5.75 Å². The van der Waals surface area contributed by atoms with Crippen LogP contribution < -0.4 is 4.74 Å². The molecule has 18 heavy (non-hydrogen) atoms. The molecule has 0 aliphatic heterocycles.